The van der Waals surface area contributed by atoms with E-state index in [9.17, 15) is 29.4 Å². The number of benzene rings is 2. The van der Waals surface area contributed by atoms with Crippen LogP contribution in [-0.2, 0) is 30.3 Å². The zero-order chi connectivity index (χ0) is 31.9. The van der Waals surface area contributed by atoms with Crippen molar-refractivity contribution in [2.75, 3.05) is 6.61 Å². The van der Waals surface area contributed by atoms with E-state index >= 15 is 0 Å². The van der Waals surface area contributed by atoms with Crippen LogP contribution in [-0.4, -0.2) is 74.9 Å². The molecule has 0 heterocycles. The fourth-order valence-corrected chi connectivity index (χ4v) is 4.49. The van der Waals surface area contributed by atoms with Crippen molar-refractivity contribution in [2.45, 2.75) is 96.2 Å². The number of nitrogens with zero attached hydrogens (tertiary/aromatic N) is 1. The number of carbonyl (C=O) groups excluding carboxylic acids is 4. The number of nitrogens with one attached hydrogen (secondary N) is 2. The van der Waals surface area contributed by atoms with Crippen molar-refractivity contribution in [3.05, 3.63) is 65.7 Å². The number of carbonyl (C=O) groups is 4. The highest BCUT2D eigenvalue weighted by molar-refractivity contribution is 5.94. The Morgan fingerprint density at radius 3 is 1.98 bits per heavy atom. The minimum Gasteiger partial charge on any atom is -0.508 e. The molecule has 0 saturated heterocycles. The van der Waals surface area contributed by atoms with Crippen LogP contribution in [0, 0.1) is 0 Å². The Morgan fingerprint density at radius 1 is 0.860 bits per heavy atom. The molecule has 0 radical (unpaired) electrons. The second-order valence-corrected chi connectivity index (χ2v) is 12.6. The van der Waals surface area contributed by atoms with Crippen molar-refractivity contribution < 1.29 is 38.9 Å². The molecule has 2 aromatic carbocycles. The third-order valence-electron chi connectivity index (χ3n) is 6.41. The van der Waals surface area contributed by atoms with Gasteiger partial charge in [0.15, 0.2) is 0 Å². The fourth-order valence-electron chi connectivity index (χ4n) is 4.49. The molecule has 3 unspecified atom stereocenters. The molecule has 11 heteroatoms. The number of alkyl carbamates (subject to hydrolysis) is 1. The zero-order valence-electron chi connectivity index (χ0n) is 25.6. The standard InChI is InChI=1S/C32H43N3O8/c1-31(2,3)42-29(40)23(18-20-12-8-7-9-13-20)33-27(38)26(22-14-10-11-15-25(22)37)35(21-16-17-21)28(39)24(19-36)34-30(41)43-32(4,5)6/h7-15,21,23-24,26,36-37H,16-19H2,1-6H3,(H,33,38)(H,34,41). The molecule has 0 bridgehead atoms. The quantitative estimate of drug-likeness (QED) is 0.288. The monoisotopic (exact) mass is 597 g/mol. The number of phenols is 1. The first kappa shape index (κ1) is 33.4. The number of hydrogen-bond donors (Lipinski definition) is 4. The van der Waals surface area contributed by atoms with Crippen LogP contribution in [0.3, 0.4) is 0 Å². The van der Waals surface area contributed by atoms with Crippen LogP contribution in [0.4, 0.5) is 4.79 Å². The molecule has 1 aliphatic rings. The molecule has 234 valence electrons. The summed E-state index contributed by atoms with van der Waals surface area (Å²) in [6, 6.07) is 10.8. The lowest BCUT2D eigenvalue weighted by Crippen LogP contribution is -2.56. The number of hydrogen-bond acceptors (Lipinski definition) is 8. The van der Waals surface area contributed by atoms with Gasteiger partial charge in [0.25, 0.3) is 0 Å². The van der Waals surface area contributed by atoms with E-state index in [0.717, 1.165) is 5.56 Å². The Morgan fingerprint density at radius 2 is 1.44 bits per heavy atom. The molecule has 3 amide bonds. The average Bonchev–Trinajstić information content (AvgIpc) is 3.74. The third-order valence-corrected chi connectivity index (χ3v) is 6.41. The highest BCUT2D eigenvalue weighted by Gasteiger charge is 2.45. The molecule has 4 N–H and O–H groups in total. The van der Waals surface area contributed by atoms with Gasteiger partial charge in [0, 0.05) is 18.0 Å². The van der Waals surface area contributed by atoms with E-state index in [2.05, 4.69) is 10.6 Å². The second-order valence-electron chi connectivity index (χ2n) is 12.6. The highest BCUT2D eigenvalue weighted by Crippen LogP contribution is 2.38. The Bertz CT molecular complexity index is 1280. The molecule has 3 rings (SSSR count). The molecule has 0 spiro atoms. The lowest BCUT2D eigenvalue weighted by Gasteiger charge is -2.35. The van der Waals surface area contributed by atoms with Gasteiger partial charge in [-0.05, 0) is 66.0 Å². The number of rotatable bonds is 11. The van der Waals surface area contributed by atoms with Crippen LogP contribution in [0.2, 0.25) is 0 Å². The first-order valence-corrected chi connectivity index (χ1v) is 14.4. The van der Waals surface area contributed by atoms with E-state index in [0.29, 0.717) is 12.8 Å². The molecule has 1 fully saturated rings. The van der Waals surface area contributed by atoms with Gasteiger partial charge in [0.1, 0.15) is 35.1 Å². The topological polar surface area (TPSA) is 154 Å². The number of aliphatic hydroxyl groups is 1. The SMILES string of the molecule is CC(C)(C)OC(=O)NC(CO)C(=O)N(C1CC1)C(C(=O)NC(Cc1ccccc1)C(=O)OC(C)(C)C)c1ccccc1O. The molecule has 0 aliphatic heterocycles. The molecule has 1 aliphatic carbocycles. The average molecular weight is 598 g/mol. The van der Waals surface area contributed by atoms with Crippen molar-refractivity contribution >= 4 is 23.9 Å². The van der Waals surface area contributed by atoms with E-state index < -0.39 is 65.9 Å². The zero-order valence-corrected chi connectivity index (χ0v) is 25.6. The Hall–Kier alpha value is -4.12. The minimum absolute atomic E-state index is 0.117. The molecule has 11 nitrogen and oxygen atoms in total. The van der Waals surface area contributed by atoms with Crippen LogP contribution in [0.15, 0.2) is 54.6 Å². The van der Waals surface area contributed by atoms with Gasteiger partial charge in [-0.25, -0.2) is 9.59 Å². The summed E-state index contributed by atoms with van der Waals surface area (Å²) in [5, 5.41) is 26.1. The van der Waals surface area contributed by atoms with Crippen LogP contribution < -0.4 is 10.6 Å². The largest absolute Gasteiger partial charge is 0.508 e. The van der Waals surface area contributed by atoms with Gasteiger partial charge in [0.2, 0.25) is 11.8 Å². The number of amides is 3. The van der Waals surface area contributed by atoms with Crippen molar-refractivity contribution in [3.8, 4) is 5.75 Å². The Labute approximate surface area is 252 Å². The lowest BCUT2D eigenvalue weighted by atomic mass is 9.99. The van der Waals surface area contributed by atoms with Gasteiger partial charge < -0.3 is 35.2 Å². The number of esters is 1. The van der Waals surface area contributed by atoms with E-state index in [-0.39, 0.29) is 17.7 Å². The summed E-state index contributed by atoms with van der Waals surface area (Å²) in [6.45, 7) is 9.38. The van der Waals surface area contributed by atoms with Crippen molar-refractivity contribution in [2.24, 2.45) is 0 Å². The number of aliphatic hydroxyl groups excluding tert-OH is 1. The normalized spacial score (nSPS) is 15.4. The molecule has 43 heavy (non-hydrogen) atoms. The summed E-state index contributed by atoms with van der Waals surface area (Å²) in [5.74, 6) is -2.37. The number of para-hydroxylation sites is 1. The minimum atomic E-state index is -1.43. The Balaban J connectivity index is 2.00. The molecule has 3 atom stereocenters. The number of aromatic hydroxyl groups is 1. The summed E-state index contributed by atoms with van der Waals surface area (Å²) >= 11 is 0. The maximum absolute atomic E-state index is 14.2. The molecule has 2 aromatic rings. The summed E-state index contributed by atoms with van der Waals surface area (Å²) in [7, 11) is 0. The molecular formula is C32H43N3O8. The molecular weight excluding hydrogens is 554 g/mol. The van der Waals surface area contributed by atoms with Gasteiger partial charge in [-0.3, -0.25) is 9.59 Å². The van der Waals surface area contributed by atoms with Gasteiger partial charge in [0.05, 0.1) is 6.61 Å². The summed E-state index contributed by atoms with van der Waals surface area (Å²) in [5.41, 5.74) is -0.783. The van der Waals surface area contributed by atoms with Crippen LogP contribution in [0.1, 0.15) is 71.6 Å². The molecule has 1 saturated carbocycles. The third kappa shape index (κ3) is 9.99. The van der Waals surface area contributed by atoms with Crippen LogP contribution in [0.25, 0.3) is 0 Å². The fraction of sp³-hybridized carbons (Fsp3) is 0.500. The predicted octanol–water partition coefficient (Wildman–Crippen LogP) is 3.38. The predicted molar refractivity (Wildman–Crippen MR) is 159 cm³/mol. The maximum Gasteiger partial charge on any atom is 0.408 e. The van der Waals surface area contributed by atoms with Gasteiger partial charge in [-0.15, -0.1) is 0 Å². The van der Waals surface area contributed by atoms with E-state index in [1.54, 1.807) is 53.7 Å². The van der Waals surface area contributed by atoms with Crippen LogP contribution in [0.5, 0.6) is 5.75 Å². The summed E-state index contributed by atoms with van der Waals surface area (Å²) < 4.78 is 10.9. The van der Waals surface area contributed by atoms with Crippen LogP contribution >= 0.6 is 0 Å². The smallest absolute Gasteiger partial charge is 0.408 e. The maximum atomic E-state index is 14.2. The van der Waals surface area contributed by atoms with E-state index in [1.165, 1.54) is 17.0 Å². The first-order valence-electron chi connectivity index (χ1n) is 14.4. The van der Waals surface area contributed by atoms with E-state index in [4.69, 9.17) is 9.47 Å². The summed E-state index contributed by atoms with van der Waals surface area (Å²) in [4.78, 5) is 55.2. The lowest BCUT2D eigenvalue weighted by molar-refractivity contribution is -0.159. The van der Waals surface area contributed by atoms with Gasteiger partial charge in [-0.2, -0.15) is 0 Å². The van der Waals surface area contributed by atoms with Gasteiger partial charge in [-0.1, -0.05) is 48.5 Å². The van der Waals surface area contributed by atoms with Gasteiger partial charge >= 0.3 is 12.1 Å². The highest BCUT2D eigenvalue weighted by atomic mass is 16.6. The first-order chi connectivity index (χ1) is 20.1. The van der Waals surface area contributed by atoms with Crippen molar-refractivity contribution in [1.29, 1.82) is 0 Å². The second kappa shape index (κ2) is 13.9. The number of ether oxygens (including phenoxy) is 2. The Kier molecular flexibility index (Phi) is 10.8. The number of phenolic OH excluding ortho intramolecular Hbond substituents is 1. The van der Waals surface area contributed by atoms with Crippen molar-refractivity contribution in [1.82, 2.24) is 15.5 Å². The van der Waals surface area contributed by atoms with E-state index in [1.807, 2.05) is 30.3 Å². The van der Waals surface area contributed by atoms with Crippen molar-refractivity contribution in [3.63, 3.8) is 0 Å². The summed E-state index contributed by atoms with van der Waals surface area (Å²) in [6.07, 6.45) is 0.332. The molecule has 0 aromatic heterocycles.